The van der Waals surface area contributed by atoms with Crippen LogP contribution in [0, 0.1) is 5.92 Å². The zero-order valence-corrected chi connectivity index (χ0v) is 23.0. The Hall–Kier alpha value is -3.31. The summed E-state index contributed by atoms with van der Waals surface area (Å²) in [6.07, 6.45) is 4.66. The largest absolute Gasteiger partial charge is 0.493 e. The standard InChI is InChI=1S/C32H34ClNO4/c1-4-20(2)38-30-19-27-24(17-29(30)37-3)18-31(36)34(32(27)23-9-12-25(33)13-10-23)26-14-6-21(7-15-26)5-8-22-11-16-28(22)35/h6-7,9-10,12-15,17,19-20,22,32H,4-5,8,11,16,18H2,1-3H3/t20-,22?,32+/m1/s1. The van der Waals surface area contributed by atoms with Crippen molar-refractivity contribution in [2.75, 3.05) is 12.0 Å². The molecule has 3 atom stereocenters. The molecule has 2 aliphatic rings. The summed E-state index contributed by atoms with van der Waals surface area (Å²) in [7, 11) is 1.63. The zero-order chi connectivity index (χ0) is 26.8. The van der Waals surface area contributed by atoms with Crippen molar-refractivity contribution >= 4 is 29.0 Å². The molecule has 1 saturated carbocycles. The normalized spacial score (nSPS) is 19.5. The van der Waals surface area contributed by atoms with Crippen LogP contribution in [0.2, 0.25) is 5.02 Å². The van der Waals surface area contributed by atoms with Crippen LogP contribution in [0.15, 0.2) is 60.7 Å². The highest BCUT2D eigenvalue weighted by Crippen LogP contribution is 2.44. The number of halogens is 1. The fraction of sp³-hybridized carbons (Fsp3) is 0.375. The number of ether oxygens (including phenoxy) is 2. The summed E-state index contributed by atoms with van der Waals surface area (Å²) in [5, 5.41) is 0.646. The van der Waals surface area contributed by atoms with Crippen LogP contribution >= 0.6 is 11.6 Å². The van der Waals surface area contributed by atoms with Gasteiger partial charge in [-0.15, -0.1) is 0 Å². The lowest BCUT2D eigenvalue weighted by Gasteiger charge is -2.38. The molecule has 0 bridgehead atoms. The average molecular weight is 532 g/mol. The molecule has 1 aliphatic heterocycles. The number of rotatable bonds is 9. The van der Waals surface area contributed by atoms with Gasteiger partial charge in [0.25, 0.3) is 0 Å². The van der Waals surface area contributed by atoms with Gasteiger partial charge in [0.2, 0.25) is 5.91 Å². The Labute approximate surface area is 229 Å². The summed E-state index contributed by atoms with van der Waals surface area (Å²) in [6, 6.07) is 19.5. The summed E-state index contributed by atoms with van der Waals surface area (Å²) in [5.74, 6) is 1.93. The Morgan fingerprint density at radius 2 is 1.76 bits per heavy atom. The molecule has 198 valence electrons. The Morgan fingerprint density at radius 3 is 2.37 bits per heavy atom. The quantitative estimate of drug-likeness (QED) is 0.295. The van der Waals surface area contributed by atoms with Crippen molar-refractivity contribution in [1.29, 1.82) is 0 Å². The molecule has 1 heterocycles. The predicted molar refractivity (Wildman–Crippen MR) is 150 cm³/mol. The van der Waals surface area contributed by atoms with E-state index < -0.39 is 0 Å². The minimum atomic E-state index is -0.341. The number of methoxy groups -OCH3 is 1. The summed E-state index contributed by atoms with van der Waals surface area (Å²) >= 11 is 6.23. The van der Waals surface area contributed by atoms with Crippen molar-refractivity contribution < 1.29 is 19.1 Å². The van der Waals surface area contributed by atoms with Crippen molar-refractivity contribution in [1.82, 2.24) is 0 Å². The van der Waals surface area contributed by atoms with E-state index in [1.54, 1.807) is 7.11 Å². The van der Waals surface area contributed by atoms with Gasteiger partial charge in [0.15, 0.2) is 11.5 Å². The molecule has 3 aromatic carbocycles. The second-order valence-corrected chi connectivity index (χ2v) is 10.8. The molecule has 5 rings (SSSR count). The number of hydrogen-bond acceptors (Lipinski definition) is 4. The molecule has 5 nitrogen and oxygen atoms in total. The van der Waals surface area contributed by atoms with Crippen LogP contribution < -0.4 is 14.4 Å². The minimum absolute atomic E-state index is 0.0166. The summed E-state index contributed by atoms with van der Waals surface area (Å²) in [4.78, 5) is 27.3. The van der Waals surface area contributed by atoms with E-state index in [2.05, 4.69) is 19.1 Å². The minimum Gasteiger partial charge on any atom is -0.493 e. The molecule has 0 N–H and O–H groups in total. The molecule has 1 amide bonds. The van der Waals surface area contributed by atoms with Gasteiger partial charge in [0.05, 0.1) is 25.7 Å². The van der Waals surface area contributed by atoms with E-state index in [0.717, 1.165) is 54.5 Å². The maximum absolute atomic E-state index is 13.7. The SMILES string of the molecule is CC[C@@H](C)Oc1cc2c(cc1OC)CC(=O)N(c1ccc(CCC3CCC3=O)cc1)[C@H]2c1ccc(Cl)cc1. The number of amides is 1. The molecular weight excluding hydrogens is 498 g/mol. The van der Waals surface area contributed by atoms with Gasteiger partial charge >= 0.3 is 0 Å². The lowest BCUT2D eigenvalue weighted by molar-refractivity contribution is -0.129. The number of aryl methyl sites for hydroxylation is 1. The molecule has 0 spiro atoms. The Kier molecular flexibility index (Phi) is 7.75. The molecule has 3 aromatic rings. The first-order valence-corrected chi connectivity index (χ1v) is 13.8. The van der Waals surface area contributed by atoms with Gasteiger partial charge < -0.3 is 14.4 Å². The lowest BCUT2D eigenvalue weighted by atomic mass is 9.80. The number of benzene rings is 3. The first-order valence-electron chi connectivity index (χ1n) is 13.4. The van der Waals surface area contributed by atoms with E-state index >= 15 is 0 Å². The Morgan fingerprint density at radius 1 is 1.03 bits per heavy atom. The maximum atomic E-state index is 13.7. The second-order valence-electron chi connectivity index (χ2n) is 10.3. The highest BCUT2D eigenvalue weighted by atomic mass is 35.5. The Balaban J connectivity index is 1.53. The molecular formula is C32H34ClNO4. The number of anilines is 1. The molecule has 0 aromatic heterocycles. The van der Waals surface area contributed by atoms with E-state index in [4.69, 9.17) is 21.1 Å². The third-order valence-corrected chi connectivity index (χ3v) is 8.12. The van der Waals surface area contributed by atoms with Crippen LogP contribution in [0.5, 0.6) is 11.5 Å². The molecule has 6 heteroatoms. The lowest BCUT2D eigenvalue weighted by Crippen LogP contribution is -2.41. The molecule has 1 fully saturated rings. The number of hydrogen-bond donors (Lipinski definition) is 0. The smallest absolute Gasteiger partial charge is 0.232 e. The van der Waals surface area contributed by atoms with Gasteiger partial charge in [-0.25, -0.2) is 0 Å². The van der Waals surface area contributed by atoms with E-state index in [0.29, 0.717) is 22.3 Å². The van der Waals surface area contributed by atoms with Crippen LogP contribution in [0.1, 0.15) is 67.8 Å². The van der Waals surface area contributed by atoms with Crippen molar-refractivity contribution in [2.24, 2.45) is 5.92 Å². The van der Waals surface area contributed by atoms with Crippen molar-refractivity contribution in [3.63, 3.8) is 0 Å². The van der Waals surface area contributed by atoms with Crippen LogP contribution in [0.25, 0.3) is 0 Å². The highest BCUT2D eigenvalue weighted by Gasteiger charge is 2.36. The van der Waals surface area contributed by atoms with Crippen molar-refractivity contribution in [3.8, 4) is 11.5 Å². The van der Waals surface area contributed by atoms with E-state index in [1.807, 2.05) is 60.4 Å². The number of ketones is 1. The number of fused-ring (bicyclic) bond motifs is 1. The van der Waals surface area contributed by atoms with Crippen LogP contribution in [-0.2, 0) is 22.4 Å². The maximum Gasteiger partial charge on any atom is 0.232 e. The topological polar surface area (TPSA) is 55.8 Å². The van der Waals surface area contributed by atoms with Crippen molar-refractivity contribution in [2.45, 2.75) is 64.5 Å². The number of nitrogens with zero attached hydrogens (tertiary/aromatic N) is 1. The molecule has 1 unspecified atom stereocenters. The van der Waals surface area contributed by atoms with E-state index in [1.165, 1.54) is 5.56 Å². The van der Waals surface area contributed by atoms with Gasteiger partial charge in [0.1, 0.15) is 5.78 Å². The van der Waals surface area contributed by atoms with E-state index in [9.17, 15) is 9.59 Å². The zero-order valence-electron chi connectivity index (χ0n) is 22.2. The van der Waals surface area contributed by atoms with Gasteiger partial charge in [-0.2, -0.15) is 0 Å². The van der Waals surface area contributed by atoms with Gasteiger partial charge in [-0.3, -0.25) is 9.59 Å². The summed E-state index contributed by atoms with van der Waals surface area (Å²) < 4.78 is 11.9. The molecule has 0 saturated heterocycles. The van der Waals surface area contributed by atoms with Gasteiger partial charge in [-0.1, -0.05) is 42.8 Å². The van der Waals surface area contributed by atoms with Crippen LogP contribution in [-0.4, -0.2) is 24.9 Å². The van der Waals surface area contributed by atoms with Gasteiger partial charge in [0, 0.05) is 23.0 Å². The summed E-state index contributed by atoms with van der Waals surface area (Å²) in [6.45, 7) is 4.12. The third kappa shape index (κ3) is 5.30. The number of Topliss-reactive ketones (excluding diaryl/α,β-unsaturated/α-hetero) is 1. The predicted octanol–water partition coefficient (Wildman–Crippen LogP) is 7.12. The monoisotopic (exact) mass is 531 g/mol. The van der Waals surface area contributed by atoms with Gasteiger partial charge in [-0.05, 0) is 91.3 Å². The molecule has 38 heavy (non-hydrogen) atoms. The molecule has 0 radical (unpaired) electrons. The third-order valence-electron chi connectivity index (χ3n) is 7.87. The second kappa shape index (κ2) is 11.2. The Bertz CT molecular complexity index is 1320. The van der Waals surface area contributed by atoms with Crippen LogP contribution in [0.3, 0.4) is 0 Å². The highest BCUT2D eigenvalue weighted by molar-refractivity contribution is 6.30. The average Bonchev–Trinajstić information content (AvgIpc) is 2.92. The first-order chi connectivity index (χ1) is 18.4. The van der Waals surface area contributed by atoms with Crippen LogP contribution in [0.4, 0.5) is 5.69 Å². The van der Waals surface area contributed by atoms with E-state index in [-0.39, 0.29) is 30.4 Å². The number of carbonyl (C=O) groups is 2. The number of carbonyl (C=O) groups excluding carboxylic acids is 2. The molecule has 1 aliphatic carbocycles. The first kappa shape index (κ1) is 26.3. The fourth-order valence-corrected chi connectivity index (χ4v) is 5.44. The summed E-state index contributed by atoms with van der Waals surface area (Å²) in [5.41, 5.74) is 4.93. The van der Waals surface area contributed by atoms with Crippen molar-refractivity contribution in [3.05, 3.63) is 87.9 Å². The fourth-order valence-electron chi connectivity index (χ4n) is 5.31.